The van der Waals surface area contributed by atoms with E-state index in [-0.39, 0.29) is 5.79 Å². The number of ether oxygens (including phenoxy) is 2. The Kier molecular flexibility index (Phi) is 2.94. The molecule has 1 aliphatic carbocycles. The van der Waals surface area contributed by atoms with E-state index in [0.717, 1.165) is 37.9 Å². The zero-order valence-electron chi connectivity index (χ0n) is 10.3. The van der Waals surface area contributed by atoms with Gasteiger partial charge in [0.2, 0.25) is 0 Å². The fraction of sp³-hybridized carbons (Fsp3) is 1.00. The molecule has 1 spiro atoms. The lowest BCUT2D eigenvalue weighted by molar-refractivity contribution is -0.156. The third-order valence-electron chi connectivity index (χ3n) is 4.44. The number of fused-ring (bicyclic) bond motifs is 1. The molecular weight excluding hydrogens is 202 g/mol. The Morgan fingerprint density at radius 3 is 2.31 bits per heavy atom. The van der Waals surface area contributed by atoms with Crippen LogP contribution in [-0.4, -0.2) is 43.5 Å². The van der Waals surface area contributed by atoms with Gasteiger partial charge >= 0.3 is 0 Å². The summed E-state index contributed by atoms with van der Waals surface area (Å²) in [6.07, 6.45) is 4.93. The summed E-state index contributed by atoms with van der Waals surface area (Å²) < 4.78 is 11.6. The standard InChI is InChI=1S/C13H23NO2/c1-2-3-4-14-9-11-7-13(8-12(11)10-14)15-5-6-16-13/h11-12H,2-10H2,1H3/t11-,12+. The molecule has 1 saturated carbocycles. The Hall–Kier alpha value is -0.120. The molecule has 0 unspecified atom stereocenters. The number of hydrogen-bond donors (Lipinski definition) is 0. The molecule has 0 N–H and O–H groups in total. The fourth-order valence-corrected chi connectivity index (χ4v) is 3.68. The van der Waals surface area contributed by atoms with Gasteiger partial charge in [-0.15, -0.1) is 0 Å². The first kappa shape index (κ1) is 11.0. The monoisotopic (exact) mass is 225 g/mol. The maximum atomic E-state index is 5.81. The molecule has 0 bridgehead atoms. The molecule has 0 aromatic carbocycles. The zero-order valence-corrected chi connectivity index (χ0v) is 10.3. The van der Waals surface area contributed by atoms with Crippen LogP contribution in [0.1, 0.15) is 32.6 Å². The van der Waals surface area contributed by atoms with Crippen LogP contribution in [-0.2, 0) is 9.47 Å². The van der Waals surface area contributed by atoms with Gasteiger partial charge in [0.25, 0.3) is 0 Å². The Labute approximate surface area is 98.1 Å². The van der Waals surface area contributed by atoms with Crippen molar-refractivity contribution in [2.45, 2.75) is 38.4 Å². The highest BCUT2D eigenvalue weighted by Crippen LogP contribution is 2.47. The van der Waals surface area contributed by atoms with Crippen LogP contribution >= 0.6 is 0 Å². The summed E-state index contributed by atoms with van der Waals surface area (Å²) in [7, 11) is 0. The summed E-state index contributed by atoms with van der Waals surface area (Å²) in [4.78, 5) is 2.64. The Balaban J connectivity index is 1.54. The molecule has 2 aliphatic heterocycles. The fourth-order valence-electron chi connectivity index (χ4n) is 3.68. The summed E-state index contributed by atoms with van der Waals surface area (Å²) in [6.45, 7) is 7.72. The first-order valence-electron chi connectivity index (χ1n) is 6.81. The summed E-state index contributed by atoms with van der Waals surface area (Å²) in [5, 5.41) is 0. The van der Waals surface area contributed by atoms with Crippen LogP contribution in [0.5, 0.6) is 0 Å². The molecule has 3 aliphatic rings. The third-order valence-corrected chi connectivity index (χ3v) is 4.44. The van der Waals surface area contributed by atoms with E-state index >= 15 is 0 Å². The van der Waals surface area contributed by atoms with Crippen molar-refractivity contribution in [3.63, 3.8) is 0 Å². The van der Waals surface area contributed by atoms with E-state index in [0.29, 0.717) is 0 Å². The summed E-state index contributed by atoms with van der Waals surface area (Å²) in [5.41, 5.74) is 0. The Bertz CT molecular complexity index is 234. The molecule has 0 aromatic rings. The van der Waals surface area contributed by atoms with E-state index in [1.807, 2.05) is 0 Å². The smallest absolute Gasteiger partial charge is 0.169 e. The van der Waals surface area contributed by atoms with Gasteiger partial charge in [0, 0.05) is 25.9 Å². The zero-order chi connectivity index (χ0) is 11.0. The van der Waals surface area contributed by atoms with E-state index in [1.165, 1.54) is 32.5 Å². The molecule has 3 heteroatoms. The summed E-state index contributed by atoms with van der Waals surface area (Å²) >= 11 is 0. The van der Waals surface area contributed by atoms with Crippen molar-refractivity contribution in [3.8, 4) is 0 Å². The largest absolute Gasteiger partial charge is 0.348 e. The second kappa shape index (κ2) is 4.28. The molecule has 2 saturated heterocycles. The minimum atomic E-state index is -0.161. The van der Waals surface area contributed by atoms with Gasteiger partial charge in [-0.05, 0) is 24.8 Å². The van der Waals surface area contributed by atoms with Crippen molar-refractivity contribution in [1.29, 1.82) is 0 Å². The van der Waals surface area contributed by atoms with Crippen LogP contribution in [0.25, 0.3) is 0 Å². The average Bonchev–Trinajstić information content (AvgIpc) is 2.92. The van der Waals surface area contributed by atoms with Crippen molar-refractivity contribution >= 4 is 0 Å². The molecule has 3 rings (SSSR count). The van der Waals surface area contributed by atoms with E-state index < -0.39 is 0 Å². The maximum Gasteiger partial charge on any atom is 0.169 e. The summed E-state index contributed by atoms with van der Waals surface area (Å²) in [6, 6.07) is 0. The molecule has 0 amide bonds. The lowest BCUT2D eigenvalue weighted by atomic mass is 10.0. The number of hydrogen-bond acceptors (Lipinski definition) is 3. The van der Waals surface area contributed by atoms with Gasteiger partial charge in [-0.2, -0.15) is 0 Å². The lowest BCUT2D eigenvalue weighted by Gasteiger charge is -2.24. The molecule has 2 heterocycles. The first-order chi connectivity index (χ1) is 7.81. The van der Waals surface area contributed by atoms with Crippen molar-refractivity contribution in [3.05, 3.63) is 0 Å². The number of nitrogens with zero attached hydrogens (tertiary/aromatic N) is 1. The molecule has 3 fully saturated rings. The average molecular weight is 225 g/mol. The Morgan fingerprint density at radius 2 is 1.75 bits per heavy atom. The molecule has 92 valence electrons. The van der Waals surface area contributed by atoms with Crippen molar-refractivity contribution in [2.75, 3.05) is 32.8 Å². The topological polar surface area (TPSA) is 21.7 Å². The predicted octanol–water partition coefficient (Wildman–Crippen LogP) is 1.87. The van der Waals surface area contributed by atoms with Crippen LogP contribution in [0.15, 0.2) is 0 Å². The molecule has 2 atom stereocenters. The van der Waals surface area contributed by atoms with Gasteiger partial charge < -0.3 is 14.4 Å². The van der Waals surface area contributed by atoms with Gasteiger partial charge in [0.1, 0.15) is 0 Å². The van der Waals surface area contributed by atoms with Crippen LogP contribution < -0.4 is 0 Å². The van der Waals surface area contributed by atoms with E-state index in [4.69, 9.17) is 9.47 Å². The van der Waals surface area contributed by atoms with Gasteiger partial charge in [-0.3, -0.25) is 0 Å². The van der Waals surface area contributed by atoms with E-state index in [1.54, 1.807) is 0 Å². The van der Waals surface area contributed by atoms with Crippen LogP contribution in [0, 0.1) is 11.8 Å². The SMILES string of the molecule is CCCCN1C[C@@H]2CC3(C[C@@H]2C1)OCCO3. The maximum absolute atomic E-state index is 5.81. The van der Waals surface area contributed by atoms with Crippen LogP contribution in [0.3, 0.4) is 0 Å². The second-order valence-corrected chi connectivity index (χ2v) is 5.65. The van der Waals surface area contributed by atoms with Crippen LogP contribution in [0.4, 0.5) is 0 Å². The minimum Gasteiger partial charge on any atom is -0.348 e. The van der Waals surface area contributed by atoms with Crippen LogP contribution in [0.2, 0.25) is 0 Å². The third kappa shape index (κ3) is 1.89. The molecule has 0 radical (unpaired) electrons. The van der Waals surface area contributed by atoms with E-state index in [2.05, 4.69) is 11.8 Å². The quantitative estimate of drug-likeness (QED) is 0.732. The molecular formula is C13H23NO2. The molecule has 0 aromatic heterocycles. The second-order valence-electron chi connectivity index (χ2n) is 5.65. The van der Waals surface area contributed by atoms with Gasteiger partial charge in [0.15, 0.2) is 5.79 Å². The van der Waals surface area contributed by atoms with Crippen molar-refractivity contribution < 1.29 is 9.47 Å². The normalized spacial score (nSPS) is 37.3. The molecule has 3 nitrogen and oxygen atoms in total. The highest BCUT2D eigenvalue weighted by atomic mass is 16.7. The minimum absolute atomic E-state index is 0.161. The van der Waals surface area contributed by atoms with E-state index in [9.17, 15) is 0 Å². The highest BCUT2D eigenvalue weighted by Gasteiger charge is 2.52. The highest BCUT2D eigenvalue weighted by molar-refractivity contribution is 4.98. The number of likely N-dealkylation sites (tertiary alicyclic amines) is 1. The van der Waals surface area contributed by atoms with Gasteiger partial charge in [-0.1, -0.05) is 13.3 Å². The summed E-state index contributed by atoms with van der Waals surface area (Å²) in [5.74, 6) is 1.50. The Morgan fingerprint density at radius 1 is 1.12 bits per heavy atom. The lowest BCUT2D eigenvalue weighted by Crippen LogP contribution is -2.31. The molecule has 16 heavy (non-hydrogen) atoms. The van der Waals surface area contributed by atoms with Crippen molar-refractivity contribution in [2.24, 2.45) is 11.8 Å². The predicted molar refractivity (Wildman–Crippen MR) is 62.2 cm³/mol. The van der Waals surface area contributed by atoms with Gasteiger partial charge in [0.05, 0.1) is 13.2 Å². The first-order valence-corrected chi connectivity index (χ1v) is 6.81. The number of unbranched alkanes of at least 4 members (excludes halogenated alkanes) is 1. The number of rotatable bonds is 3. The van der Waals surface area contributed by atoms with Gasteiger partial charge in [-0.25, -0.2) is 0 Å². The van der Waals surface area contributed by atoms with Crippen molar-refractivity contribution in [1.82, 2.24) is 4.90 Å².